The summed E-state index contributed by atoms with van der Waals surface area (Å²) in [4.78, 5) is 18.4. The lowest BCUT2D eigenvalue weighted by molar-refractivity contribution is 0.0945. The molecular formula is C32H25ClN2O2. The van der Waals surface area contributed by atoms with Gasteiger partial charge < -0.3 is 10.1 Å². The van der Waals surface area contributed by atoms with Crippen LogP contribution >= 0.6 is 11.6 Å². The van der Waals surface area contributed by atoms with Crippen LogP contribution in [0.25, 0.3) is 22.4 Å². The number of aromatic nitrogens is 1. The largest absolute Gasteiger partial charge is 0.472 e. The molecule has 0 saturated carbocycles. The number of carbonyl (C=O) groups excluding carboxylic acids is 1. The number of nitrogens with one attached hydrogen (secondary N) is 1. The summed E-state index contributed by atoms with van der Waals surface area (Å²) < 4.78 is 6.18. The SMILES string of the molecule is O=C(NCc1ccccc1)c1cc(-c2ccccc2)c(-c2ccc(Cl)cc2)nc1OCc1ccccc1. The van der Waals surface area contributed by atoms with E-state index in [0.717, 1.165) is 27.8 Å². The van der Waals surface area contributed by atoms with Crippen LogP contribution in [0.1, 0.15) is 21.5 Å². The molecule has 0 atom stereocenters. The van der Waals surface area contributed by atoms with Crippen LogP contribution in [0.2, 0.25) is 5.02 Å². The van der Waals surface area contributed by atoms with E-state index in [1.807, 2.05) is 121 Å². The maximum absolute atomic E-state index is 13.5. The van der Waals surface area contributed by atoms with E-state index < -0.39 is 0 Å². The number of carbonyl (C=O) groups is 1. The van der Waals surface area contributed by atoms with E-state index in [1.165, 1.54) is 0 Å². The Balaban J connectivity index is 1.58. The summed E-state index contributed by atoms with van der Waals surface area (Å²) in [5.74, 6) is 0.0262. The smallest absolute Gasteiger partial charge is 0.257 e. The Morgan fingerprint density at radius 3 is 1.97 bits per heavy atom. The number of pyridine rings is 1. The molecule has 0 aliphatic carbocycles. The third kappa shape index (κ3) is 6.05. The van der Waals surface area contributed by atoms with Gasteiger partial charge in [-0.25, -0.2) is 4.98 Å². The molecule has 0 radical (unpaired) electrons. The first-order valence-electron chi connectivity index (χ1n) is 12.0. The van der Waals surface area contributed by atoms with Crippen molar-refractivity contribution in [3.05, 3.63) is 143 Å². The summed E-state index contributed by atoms with van der Waals surface area (Å²) in [5.41, 5.74) is 5.75. The molecule has 0 spiro atoms. The van der Waals surface area contributed by atoms with Gasteiger partial charge in [0, 0.05) is 22.7 Å². The predicted octanol–water partition coefficient (Wildman–Crippen LogP) is 7.58. The van der Waals surface area contributed by atoms with Crippen molar-refractivity contribution in [2.75, 3.05) is 0 Å². The van der Waals surface area contributed by atoms with Crippen molar-refractivity contribution in [2.45, 2.75) is 13.2 Å². The summed E-state index contributed by atoms with van der Waals surface area (Å²) in [6, 6.07) is 38.9. The van der Waals surface area contributed by atoms with E-state index in [2.05, 4.69) is 5.32 Å². The van der Waals surface area contributed by atoms with Gasteiger partial charge in [0.2, 0.25) is 5.88 Å². The lowest BCUT2D eigenvalue weighted by Gasteiger charge is -2.17. The second-order valence-electron chi connectivity index (χ2n) is 8.55. The molecule has 1 amide bonds. The van der Waals surface area contributed by atoms with E-state index in [4.69, 9.17) is 21.3 Å². The van der Waals surface area contributed by atoms with E-state index in [0.29, 0.717) is 22.8 Å². The molecule has 5 rings (SSSR count). The Kier molecular flexibility index (Phi) is 7.58. The molecule has 1 N–H and O–H groups in total. The maximum Gasteiger partial charge on any atom is 0.257 e. The van der Waals surface area contributed by atoms with Gasteiger partial charge in [-0.15, -0.1) is 0 Å². The van der Waals surface area contributed by atoms with Gasteiger partial charge in [-0.3, -0.25) is 4.79 Å². The van der Waals surface area contributed by atoms with Crippen molar-refractivity contribution < 1.29 is 9.53 Å². The molecule has 4 nitrogen and oxygen atoms in total. The molecule has 5 heteroatoms. The number of hydrogen-bond donors (Lipinski definition) is 1. The van der Waals surface area contributed by atoms with Crippen molar-refractivity contribution >= 4 is 17.5 Å². The molecule has 182 valence electrons. The van der Waals surface area contributed by atoms with E-state index in [-0.39, 0.29) is 18.4 Å². The fourth-order valence-corrected chi connectivity index (χ4v) is 4.16. The van der Waals surface area contributed by atoms with Gasteiger partial charge in [-0.1, -0.05) is 115 Å². The monoisotopic (exact) mass is 504 g/mol. The van der Waals surface area contributed by atoms with E-state index in [1.54, 1.807) is 0 Å². The lowest BCUT2D eigenvalue weighted by atomic mass is 9.97. The highest BCUT2D eigenvalue weighted by Gasteiger charge is 2.21. The number of benzene rings is 4. The number of hydrogen-bond acceptors (Lipinski definition) is 3. The second kappa shape index (κ2) is 11.5. The molecule has 0 unspecified atom stereocenters. The minimum Gasteiger partial charge on any atom is -0.472 e. The summed E-state index contributed by atoms with van der Waals surface area (Å²) >= 11 is 6.16. The number of halogens is 1. The predicted molar refractivity (Wildman–Crippen MR) is 149 cm³/mol. The zero-order valence-electron chi connectivity index (χ0n) is 20.1. The summed E-state index contributed by atoms with van der Waals surface area (Å²) in [7, 11) is 0. The van der Waals surface area contributed by atoms with Crippen LogP contribution in [0.4, 0.5) is 0 Å². The number of nitrogens with zero attached hydrogens (tertiary/aromatic N) is 1. The quantitative estimate of drug-likeness (QED) is 0.237. The second-order valence-corrected chi connectivity index (χ2v) is 8.99. The fourth-order valence-electron chi connectivity index (χ4n) is 4.03. The van der Waals surface area contributed by atoms with Gasteiger partial charge in [-0.2, -0.15) is 0 Å². The van der Waals surface area contributed by atoms with Crippen LogP contribution in [-0.4, -0.2) is 10.9 Å². The highest BCUT2D eigenvalue weighted by Crippen LogP contribution is 2.35. The number of rotatable bonds is 8. The summed E-state index contributed by atoms with van der Waals surface area (Å²) in [6.07, 6.45) is 0. The average molecular weight is 505 g/mol. The summed E-state index contributed by atoms with van der Waals surface area (Å²) in [6.45, 7) is 0.689. The zero-order valence-corrected chi connectivity index (χ0v) is 20.9. The van der Waals surface area contributed by atoms with Gasteiger partial charge in [0.05, 0.1) is 5.69 Å². The van der Waals surface area contributed by atoms with E-state index >= 15 is 0 Å². The lowest BCUT2D eigenvalue weighted by Crippen LogP contribution is -2.24. The number of amides is 1. The van der Waals surface area contributed by atoms with Gasteiger partial charge in [0.15, 0.2) is 0 Å². The third-order valence-corrected chi connectivity index (χ3v) is 6.20. The molecule has 0 aliphatic heterocycles. The van der Waals surface area contributed by atoms with Crippen LogP contribution in [-0.2, 0) is 13.2 Å². The Morgan fingerprint density at radius 1 is 0.730 bits per heavy atom. The first-order valence-corrected chi connectivity index (χ1v) is 12.4. The van der Waals surface area contributed by atoms with Crippen LogP contribution in [0.5, 0.6) is 5.88 Å². The van der Waals surface area contributed by atoms with Gasteiger partial charge in [0.25, 0.3) is 5.91 Å². The first-order chi connectivity index (χ1) is 18.2. The first kappa shape index (κ1) is 24.3. The normalized spacial score (nSPS) is 10.6. The maximum atomic E-state index is 13.5. The molecule has 1 heterocycles. The van der Waals surface area contributed by atoms with Crippen LogP contribution < -0.4 is 10.1 Å². The fraction of sp³-hybridized carbons (Fsp3) is 0.0625. The topological polar surface area (TPSA) is 51.2 Å². The molecule has 0 bridgehead atoms. The van der Waals surface area contributed by atoms with Crippen molar-refractivity contribution in [3.8, 4) is 28.3 Å². The van der Waals surface area contributed by atoms with Gasteiger partial charge in [-0.05, 0) is 34.9 Å². The van der Waals surface area contributed by atoms with Crippen molar-refractivity contribution in [1.29, 1.82) is 0 Å². The highest BCUT2D eigenvalue weighted by molar-refractivity contribution is 6.30. The molecule has 0 fully saturated rings. The molecule has 1 aromatic heterocycles. The third-order valence-electron chi connectivity index (χ3n) is 5.95. The zero-order chi connectivity index (χ0) is 25.5. The molecule has 0 saturated heterocycles. The molecule has 4 aromatic carbocycles. The Bertz CT molecular complexity index is 1470. The molecular weight excluding hydrogens is 480 g/mol. The highest BCUT2D eigenvalue weighted by atomic mass is 35.5. The standard InChI is InChI=1S/C32H25ClN2O2/c33-27-18-16-26(17-19-27)30-28(25-14-8-3-9-15-25)20-29(31(36)34-21-23-10-4-1-5-11-23)32(35-30)37-22-24-12-6-2-7-13-24/h1-20H,21-22H2,(H,34,36). The Hall–Kier alpha value is -4.41. The Labute approximate surface area is 221 Å². The van der Waals surface area contributed by atoms with Crippen molar-refractivity contribution in [2.24, 2.45) is 0 Å². The van der Waals surface area contributed by atoms with Crippen molar-refractivity contribution in [1.82, 2.24) is 10.3 Å². The Morgan fingerprint density at radius 2 is 1.32 bits per heavy atom. The minimum atomic E-state index is -0.251. The van der Waals surface area contributed by atoms with Crippen LogP contribution in [0.15, 0.2) is 121 Å². The summed E-state index contributed by atoms with van der Waals surface area (Å²) in [5, 5.41) is 3.66. The average Bonchev–Trinajstić information content (AvgIpc) is 2.96. The van der Waals surface area contributed by atoms with Gasteiger partial charge >= 0.3 is 0 Å². The van der Waals surface area contributed by atoms with Gasteiger partial charge in [0.1, 0.15) is 12.2 Å². The molecule has 5 aromatic rings. The molecule has 0 aliphatic rings. The van der Waals surface area contributed by atoms with E-state index in [9.17, 15) is 4.79 Å². The minimum absolute atomic E-state index is 0.251. The molecule has 37 heavy (non-hydrogen) atoms. The number of ether oxygens (including phenoxy) is 1. The van der Waals surface area contributed by atoms with Crippen molar-refractivity contribution in [3.63, 3.8) is 0 Å². The van der Waals surface area contributed by atoms with Crippen LogP contribution in [0, 0.1) is 0 Å². The van der Waals surface area contributed by atoms with Crippen LogP contribution in [0.3, 0.4) is 0 Å².